The van der Waals surface area contributed by atoms with Gasteiger partial charge in [-0.2, -0.15) is 0 Å². The maximum atomic E-state index is 13.5. The third-order valence-corrected chi connectivity index (χ3v) is 7.67. The highest BCUT2D eigenvalue weighted by Crippen LogP contribution is 2.44. The van der Waals surface area contributed by atoms with E-state index in [1.54, 1.807) is 41.8 Å². The normalized spacial score (nSPS) is 18.8. The molecule has 1 unspecified atom stereocenters. The van der Waals surface area contributed by atoms with Crippen molar-refractivity contribution in [1.82, 2.24) is 0 Å². The van der Waals surface area contributed by atoms with Crippen LogP contribution in [0.15, 0.2) is 70.9 Å². The molecule has 0 N–H and O–H groups in total. The fourth-order valence-electron chi connectivity index (χ4n) is 3.49. The van der Waals surface area contributed by atoms with Gasteiger partial charge in [0, 0.05) is 22.7 Å². The molecule has 2 heterocycles. The zero-order chi connectivity index (χ0) is 22.9. The van der Waals surface area contributed by atoms with Crippen molar-refractivity contribution in [3.05, 3.63) is 91.5 Å². The highest BCUT2D eigenvalue weighted by Gasteiger charge is 2.50. The molecule has 1 saturated heterocycles. The molecule has 8 nitrogen and oxygen atoms in total. The third-order valence-electron chi connectivity index (χ3n) is 4.87. The molecule has 1 aliphatic heterocycles. The van der Waals surface area contributed by atoms with Crippen LogP contribution in [0.5, 0.6) is 5.75 Å². The summed E-state index contributed by atoms with van der Waals surface area (Å²) in [4.78, 5) is 25.5. The number of sulfone groups is 1. The van der Waals surface area contributed by atoms with Gasteiger partial charge in [0.2, 0.25) is 9.84 Å². The van der Waals surface area contributed by atoms with Gasteiger partial charge < -0.3 is 4.74 Å². The molecule has 3 aromatic rings. The van der Waals surface area contributed by atoms with Gasteiger partial charge in [-0.15, -0.1) is 11.3 Å². The predicted molar refractivity (Wildman–Crippen MR) is 122 cm³/mol. The van der Waals surface area contributed by atoms with Gasteiger partial charge in [-0.1, -0.05) is 18.2 Å². The van der Waals surface area contributed by atoms with Crippen molar-refractivity contribution in [2.24, 2.45) is 0 Å². The van der Waals surface area contributed by atoms with Crippen LogP contribution >= 0.6 is 11.3 Å². The lowest BCUT2D eigenvalue weighted by Gasteiger charge is -2.23. The van der Waals surface area contributed by atoms with Crippen LogP contribution in [0.4, 0.5) is 11.4 Å². The lowest BCUT2D eigenvalue weighted by molar-refractivity contribution is -0.384. The second-order valence-corrected chi connectivity index (χ2v) is 9.83. The minimum atomic E-state index is -4.18. The van der Waals surface area contributed by atoms with Crippen molar-refractivity contribution in [1.29, 1.82) is 0 Å². The first-order valence-corrected chi connectivity index (χ1v) is 12.1. The van der Waals surface area contributed by atoms with Crippen LogP contribution in [0.1, 0.15) is 22.7 Å². The highest BCUT2D eigenvalue weighted by atomic mass is 32.2. The van der Waals surface area contributed by atoms with Gasteiger partial charge in [0.15, 0.2) is 5.37 Å². The Hall–Kier alpha value is -3.50. The molecule has 32 heavy (non-hydrogen) atoms. The lowest BCUT2D eigenvalue weighted by Crippen LogP contribution is -2.29. The Labute approximate surface area is 188 Å². The molecule has 2 aromatic carbocycles. The quantitative estimate of drug-likeness (QED) is 0.297. The molecule has 0 bridgehead atoms. The van der Waals surface area contributed by atoms with Crippen LogP contribution in [0.25, 0.3) is 6.08 Å². The maximum absolute atomic E-state index is 13.5. The smallest absolute Gasteiger partial charge is 0.271 e. The van der Waals surface area contributed by atoms with Gasteiger partial charge in [-0.3, -0.25) is 19.8 Å². The Morgan fingerprint density at radius 3 is 2.53 bits per heavy atom. The first kappa shape index (κ1) is 21.7. The molecule has 4 rings (SSSR count). The number of rotatable bonds is 6. The number of ether oxygens (including phenoxy) is 1. The molecule has 0 radical (unpaired) electrons. The van der Waals surface area contributed by atoms with Gasteiger partial charge in [0.25, 0.3) is 11.6 Å². The number of carbonyl (C=O) groups is 1. The highest BCUT2D eigenvalue weighted by molar-refractivity contribution is 7.97. The van der Waals surface area contributed by atoms with Gasteiger partial charge in [-0.25, -0.2) is 8.42 Å². The molecule has 1 amide bonds. The van der Waals surface area contributed by atoms with Crippen LogP contribution in [0, 0.1) is 10.1 Å². The van der Waals surface area contributed by atoms with Crippen molar-refractivity contribution >= 4 is 44.5 Å². The van der Waals surface area contributed by atoms with E-state index in [0.29, 0.717) is 22.9 Å². The fourth-order valence-corrected chi connectivity index (χ4v) is 6.10. The summed E-state index contributed by atoms with van der Waals surface area (Å²) in [6, 6.07) is 15.3. The number of benzene rings is 2. The first-order valence-electron chi connectivity index (χ1n) is 9.63. The van der Waals surface area contributed by atoms with E-state index in [9.17, 15) is 23.3 Å². The number of nitrogens with zero attached hydrogens (tertiary/aromatic N) is 2. The van der Waals surface area contributed by atoms with Crippen LogP contribution in [-0.4, -0.2) is 25.9 Å². The molecule has 0 saturated carbocycles. The average molecular weight is 471 g/mol. The van der Waals surface area contributed by atoms with Gasteiger partial charge in [0.05, 0.1) is 11.5 Å². The second kappa shape index (κ2) is 8.56. The molecule has 10 heteroatoms. The molecular weight excluding hydrogens is 452 g/mol. The average Bonchev–Trinajstić information content (AvgIpc) is 3.35. The summed E-state index contributed by atoms with van der Waals surface area (Å²) in [5.74, 6) is -0.119. The number of anilines is 1. The fraction of sp³-hybridized carbons (Fsp3) is 0.136. The molecule has 0 spiro atoms. The van der Waals surface area contributed by atoms with E-state index in [1.807, 2.05) is 6.92 Å². The molecule has 164 valence electrons. The summed E-state index contributed by atoms with van der Waals surface area (Å²) in [7, 11) is -4.18. The summed E-state index contributed by atoms with van der Waals surface area (Å²) in [6.07, 6.45) is 1.35. The number of nitro benzene ring substituents is 1. The van der Waals surface area contributed by atoms with E-state index in [4.69, 9.17) is 4.74 Å². The number of thiophene rings is 1. The van der Waals surface area contributed by atoms with E-state index in [-0.39, 0.29) is 16.2 Å². The van der Waals surface area contributed by atoms with Gasteiger partial charge in [-0.05, 0) is 54.3 Å². The van der Waals surface area contributed by atoms with Gasteiger partial charge >= 0.3 is 0 Å². The first-order chi connectivity index (χ1) is 15.3. The molecular formula is C22H18N2O6S2. The summed E-state index contributed by atoms with van der Waals surface area (Å²) in [5.41, 5.74) is 0.219. The molecule has 1 atom stereocenters. The van der Waals surface area contributed by atoms with Crippen LogP contribution in [-0.2, 0) is 14.6 Å². The number of hydrogen-bond donors (Lipinski definition) is 0. The Kier molecular flexibility index (Phi) is 5.81. The topological polar surface area (TPSA) is 107 Å². The Bertz CT molecular complexity index is 1300. The number of carbonyl (C=O) groups excluding carboxylic acids is 1. The molecule has 1 fully saturated rings. The van der Waals surface area contributed by atoms with E-state index < -0.39 is 26.0 Å². The van der Waals surface area contributed by atoms with Crippen molar-refractivity contribution in [2.45, 2.75) is 12.3 Å². The zero-order valence-electron chi connectivity index (χ0n) is 16.9. The summed E-state index contributed by atoms with van der Waals surface area (Å²) in [6.45, 7) is 2.30. The van der Waals surface area contributed by atoms with E-state index >= 15 is 0 Å². The standard InChI is InChI=1S/C22H18N2O6S2/c1-2-30-18-10-8-16(9-11-18)23-21(25)20(14-19-7-4-12-31-19)32(28,29)22(23)15-5-3-6-17(13-15)24(26)27/h3-14,22H,2H2,1H3. The zero-order valence-corrected chi connectivity index (χ0v) is 18.5. The number of hydrogen-bond acceptors (Lipinski definition) is 7. The largest absolute Gasteiger partial charge is 0.494 e. The van der Waals surface area contributed by atoms with Crippen molar-refractivity contribution in [3.63, 3.8) is 0 Å². The Morgan fingerprint density at radius 2 is 1.91 bits per heavy atom. The number of nitro groups is 1. The minimum absolute atomic E-state index is 0.135. The number of non-ortho nitro benzene ring substituents is 1. The summed E-state index contributed by atoms with van der Waals surface area (Å²) < 4.78 is 32.5. The van der Waals surface area contributed by atoms with Crippen LogP contribution in [0.2, 0.25) is 0 Å². The summed E-state index contributed by atoms with van der Waals surface area (Å²) in [5, 5.41) is 11.6. The van der Waals surface area contributed by atoms with Crippen LogP contribution < -0.4 is 9.64 Å². The Balaban J connectivity index is 1.89. The van der Waals surface area contributed by atoms with Crippen molar-refractivity contribution < 1.29 is 22.9 Å². The number of amides is 1. The van der Waals surface area contributed by atoms with Crippen molar-refractivity contribution in [3.8, 4) is 5.75 Å². The monoisotopic (exact) mass is 470 g/mol. The molecule has 1 aromatic heterocycles. The molecule has 1 aliphatic rings. The summed E-state index contributed by atoms with van der Waals surface area (Å²) >= 11 is 1.30. The predicted octanol–water partition coefficient (Wildman–Crippen LogP) is 4.56. The Morgan fingerprint density at radius 1 is 1.16 bits per heavy atom. The van der Waals surface area contributed by atoms with Gasteiger partial charge in [0.1, 0.15) is 10.7 Å². The van der Waals surface area contributed by atoms with Crippen LogP contribution in [0.3, 0.4) is 0 Å². The van der Waals surface area contributed by atoms with E-state index in [2.05, 4.69) is 0 Å². The molecule has 0 aliphatic carbocycles. The van der Waals surface area contributed by atoms with E-state index in [1.165, 1.54) is 41.7 Å². The maximum Gasteiger partial charge on any atom is 0.271 e. The van der Waals surface area contributed by atoms with E-state index in [0.717, 1.165) is 4.90 Å². The van der Waals surface area contributed by atoms with Crippen molar-refractivity contribution in [2.75, 3.05) is 11.5 Å². The minimum Gasteiger partial charge on any atom is -0.494 e. The second-order valence-electron chi connectivity index (χ2n) is 6.88. The lowest BCUT2D eigenvalue weighted by atomic mass is 10.1. The SMILES string of the molecule is CCOc1ccc(N2C(=O)C(=Cc3cccs3)S(=O)(=O)C2c2cccc([N+](=O)[O-])c2)cc1. The third kappa shape index (κ3) is 3.90.